The van der Waals surface area contributed by atoms with Gasteiger partial charge >= 0.3 is 0 Å². The number of rotatable bonds is 2. The molecule has 0 atom stereocenters. The molecule has 0 bridgehead atoms. The Labute approximate surface area is 108 Å². The molecule has 18 heavy (non-hydrogen) atoms. The van der Waals surface area contributed by atoms with Crippen LogP contribution in [0, 0.1) is 0 Å². The highest BCUT2D eigenvalue weighted by Gasteiger charge is 2.16. The fourth-order valence-electron chi connectivity index (χ4n) is 1.30. The summed E-state index contributed by atoms with van der Waals surface area (Å²) in [6, 6.07) is 7.59. The summed E-state index contributed by atoms with van der Waals surface area (Å²) in [5, 5.41) is 22.9. The minimum atomic E-state index is -3.90. The quantitative estimate of drug-likeness (QED) is 0.709. The van der Waals surface area contributed by atoms with E-state index in [1.165, 1.54) is 23.6 Å². The third-order valence-electron chi connectivity index (χ3n) is 2.09. The number of hydrogen-bond donors (Lipinski definition) is 0. The summed E-state index contributed by atoms with van der Waals surface area (Å²) in [6.45, 7) is 0. The monoisotopic (exact) mass is 281 g/mol. The van der Waals surface area contributed by atoms with E-state index in [0.29, 0.717) is 0 Å². The Kier molecular flexibility index (Phi) is 3.44. The fourth-order valence-corrected chi connectivity index (χ4v) is 3.04. The van der Waals surface area contributed by atoms with Crippen LogP contribution >= 0.6 is 11.8 Å². The number of allylic oxidation sites excluding steroid dienone is 2. The summed E-state index contributed by atoms with van der Waals surface area (Å²) in [4.78, 5) is -0.185. The number of thioether (sulfide) groups is 1. The lowest BCUT2D eigenvalue weighted by molar-refractivity contribution is -0.513. The van der Waals surface area contributed by atoms with E-state index < -0.39 is 16.0 Å². The van der Waals surface area contributed by atoms with Gasteiger partial charge in [0.1, 0.15) is 0 Å². The minimum absolute atomic E-state index is 0.0143. The lowest BCUT2D eigenvalue weighted by atomic mass is 10.3. The molecule has 94 valence electrons. The third-order valence-corrected chi connectivity index (χ3v) is 4.28. The zero-order chi connectivity index (χ0) is 13.2. The van der Waals surface area contributed by atoms with Crippen molar-refractivity contribution in [3.05, 3.63) is 52.7 Å². The Morgan fingerprint density at radius 1 is 1.17 bits per heavy atom. The maximum Gasteiger partial charge on any atom is 0.282 e. The normalized spacial score (nSPS) is 17.3. The molecule has 0 amide bonds. The van der Waals surface area contributed by atoms with Gasteiger partial charge in [-0.2, -0.15) is 18.8 Å². The van der Waals surface area contributed by atoms with Crippen molar-refractivity contribution in [1.82, 2.24) is 0 Å². The Hall–Kier alpha value is -1.73. The van der Waals surface area contributed by atoms with Crippen LogP contribution in [0.5, 0.6) is 0 Å². The maximum absolute atomic E-state index is 11.9. The molecule has 0 unspecified atom stereocenters. The first-order valence-electron chi connectivity index (χ1n) is 4.82. The lowest BCUT2D eigenvalue weighted by Gasteiger charge is -2.20. The van der Waals surface area contributed by atoms with Crippen LogP contribution in [0.1, 0.15) is 0 Å². The lowest BCUT2D eigenvalue weighted by Crippen LogP contribution is -2.22. The van der Waals surface area contributed by atoms with E-state index in [0.717, 1.165) is 11.8 Å². The van der Waals surface area contributed by atoms with Crippen LogP contribution in [0.15, 0.2) is 62.0 Å². The second kappa shape index (κ2) is 4.87. The molecule has 0 spiro atoms. The molecule has 2 rings (SSSR count). The molecule has 0 aromatic heterocycles. The summed E-state index contributed by atoms with van der Waals surface area (Å²) in [5.74, 6) is -1.44. The molecule has 0 saturated carbocycles. The van der Waals surface area contributed by atoms with Gasteiger partial charge in [0.15, 0.2) is 0 Å². The molecular weight excluding hydrogens is 274 g/mol. The molecule has 1 aliphatic rings. The Morgan fingerprint density at radius 3 is 2.44 bits per heavy atom. The maximum atomic E-state index is 11.9. The van der Waals surface area contributed by atoms with E-state index in [-0.39, 0.29) is 15.5 Å². The smallest absolute Gasteiger partial charge is 0.282 e. The molecule has 1 heterocycles. The zero-order valence-corrected chi connectivity index (χ0v) is 10.6. The zero-order valence-electron chi connectivity index (χ0n) is 8.94. The van der Waals surface area contributed by atoms with Crippen LogP contribution in [0.3, 0.4) is 0 Å². The molecule has 0 radical (unpaired) electrons. The van der Waals surface area contributed by atoms with E-state index in [9.17, 15) is 18.6 Å². The van der Waals surface area contributed by atoms with Gasteiger partial charge in [-0.1, -0.05) is 30.0 Å². The molecule has 0 N–H and O–H groups in total. The van der Waals surface area contributed by atoms with Crippen LogP contribution in [0.2, 0.25) is 0 Å². The van der Waals surface area contributed by atoms with Crippen LogP contribution < -0.4 is 10.2 Å². The largest absolute Gasteiger partial charge is 0.883 e. The van der Waals surface area contributed by atoms with Crippen molar-refractivity contribution in [3.8, 4) is 0 Å². The van der Waals surface area contributed by atoms with E-state index in [4.69, 9.17) is 0 Å². The van der Waals surface area contributed by atoms with Crippen molar-refractivity contribution in [2.24, 2.45) is 4.40 Å². The number of hydrogen-bond acceptors (Lipinski definition) is 5. The molecule has 1 aromatic carbocycles. The minimum Gasteiger partial charge on any atom is -0.883 e. The summed E-state index contributed by atoms with van der Waals surface area (Å²) >= 11 is 0.873. The first-order chi connectivity index (χ1) is 8.50. The number of nitrogens with zero attached hydrogens (tertiary/aromatic N) is 1. The van der Waals surface area contributed by atoms with Crippen molar-refractivity contribution in [2.75, 3.05) is 0 Å². The van der Waals surface area contributed by atoms with Crippen LogP contribution in [0.25, 0.3) is 0 Å². The highest BCUT2D eigenvalue weighted by molar-refractivity contribution is 8.07. The molecule has 5 nitrogen and oxygen atoms in total. The van der Waals surface area contributed by atoms with Crippen molar-refractivity contribution in [1.29, 1.82) is 0 Å². The molecule has 0 fully saturated rings. The van der Waals surface area contributed by atoms with Gasteiger partial charge in [0.25, 0.3) is 10.0 Å². The SMILES string of the molecule is O=S(=O)(N=C1C=CSC1=C([O-])[O-])c1ccccc1. The average Bonchev–Trinajstić information content (AvgIpc) is 2.78. The molecule has 1 aromatic rings. The summed E-state index contributed by atoms with van der Waals surface area (Å²) in [7, 11) is -3.90. The van der Waals surface area contributed by atoms with Gasteiger partial charge in [-0.3, -0.25) is 0 Å². The van der Waals surface area contributed by atoms with Gasteiger partial charge in [0.2, 0.25) is 0 Å². The molecular formula is C11H7NO4S2-2. The van der Waals surface area contributed by atoms with Gasteiger partial charge in [0, 0.05) is 4.91 Å². The Balaban J connectivity index is 2.46. The second-order valence-electron chi connectivity index (χ2n) is 3.30. The van der Waals surface area contributed by atoms with Crippen LogP contribution in [-0.4, -0.2) is 14.1 Å². The Morgan fingerprint density at radius 2 is 1.83 bits per heavy atom. The predicted molar refractivity (Wildman–Crippen MR) is 64.8 cm³/mol. The summed E-state index contributed by atoms with van der Waals surface area (Å²) < 4.78 is 27.3. The van der Waals surface area contributed by atoms with E-state index in [1.54, 1.807) is 18.2 Å². The number of sulfonamides is 1. The van der Waals surface area contributed by atoms with E-state index >= 15 is 0 Å². The molecule has 0 saturated heterocycles. The van der Waals surface area contributed by atoms with Gasteiger partial charge in [-0.15, -0.1) is 0 Å². The van der Waals surface area contributed by atoms with Crippen molar-refractivity contribution >= 4 is 27.5 Å². The summed E-state index contributed by atoms with van der Waals surface area (Å²) in [6.07, 6.45) is 1.33. The summed E-state index contributed by atoms with van der Waals surface area (Å²) in [5.41, 5.74) is -0.108. The van der Waals surface area contributed by atoms with Gasteiger partial charge in [-0.05, 0) is 23.6 Å². The average molecular weight is 281 g/mol. The Bertz CT molecular complexity index is 641. The standard InChI is InChI=1S/C11H9NO4S2/c13-11(14)10-9(6-7-17-10)12-18(15,16)8-4-2-1-3-5-8/h1-7,13-14H/p-2. The van der Waals surface area contributed by atoms with E-state index in [2.05, 4.69) is 4.40 Å². The van der Waals surface area contributed by atoms with Gasteiger partial charge in [0.05, 0.1) is 10.6 Å². The first-order valence-corrected chi connectivity index (χ1v) is 7.14. The van der Waals surface area contributed by atoms with Crippen LogP contribution in [0.4, 0.5) is 0 Å². The highest BCUT2D eigenvalue weighted by atomic mass is 32.2. The van der Waals surface area contributed by atoms with Crippen molar-refractivity contribution < 1.29 is 18.6 Å². The molecule has 0 aliphatic carbocycles. The van der Waals surface area contributed by atoms with Crippen molar-refractivity contribution in [2.45, 2.75) is 4.90 Å². The van der Waals surface area contributed by atoms with Gasteiger partial charge < -0.3 is 10.2 Å². The van der Waals surface area contributed by atoms with E-state index in [1.807, 2.05) is 0 Å². The third kappa shape index (κ3) is 2.57. The number of benzene rings is 1. The van der Waals surface area contributed by atoms with Crippen LogP contribution in [-0.2, 0) is 10.0 Å². The predicted octanol–water partition coefficient (Wildman–Crippen LogP) is -0.0335. The second-order valence-corrected chi connectivity index (χ2v) is 5.82. The topological polar surface area (TPSA) is 92.6 Å². The van der Waals surface area contributed by atoms with Crippen molar-refractivity contribution in [3.63, 3.8) is 0 Å². The highest BCUT2D eigenvalue weighted by Crippen LogP contribution is 2.28. The molecule has 1 aliphatic heterocycles. The fraction of sp³-hybridized carbons (Fsp3) is 0. The first kappa shape index (κ1) is 12.7. The molecule has 7 heteroatoms. The van der Waals surface area contributed by atoms with Gasteiger partial charge in [-0.25, -0.2) is 0 Å².